The van der Waals surface area contributed by atoms with Crippen LogP contribution in [0.3, 0.4) is 0 Å². The number of hydrazine groups is 2. The van der Waals surface area contributed by atoms with Crippen LogP contribution in [0.1, 0.15) is 93.4 Å². The summed E-state index contributed by atoms with van der Waals surface area (Å²) < 4.78 is 6.00. The molecule has 0 aromatic rings. The molecule has 4 aliphatic heterocycles. The van der Waals surface area contributed by atoms with E-state index in [0.717, 1.165) is 0 Å². The average molecular weight is 706 g/mol. The first-order chi connectivity index (χ1) is 23.6. The van der Waals surface area contributed by atoms with Gasteiger partial charge < -0.3 is 25.0 Å². The van der Waals surface area contributed by atoms with Gasteiger partial charge in [-0.15, -0.1) is 0 Å². The van der Waals surface area contributed by atoms with Crippen LogP contribution in [-0.2, 0) is 33.5 Å². The molecule has 4 heterocycles. The zero-order valence-corrected chi connectivity index (χ0v) is 31.0. The van der Waals surface area contributed by atoms with Gasteiger partial charge >= 0.3 is 5.97 Å². The zero-order valence-electron chi connectivity index (χ0n) is 31.0. The summed E-state index contributed by atoms with van der Waals surface area (Å²) >= 11 is 0. The molecule has 15 nitrogen and oxygen atoms in total. The van der Waals surface area contributed by atoms with Crippen molar-refractivity contribution in [2.75, 3.05) is 26.7 Å². The average Bonchev–Trinajstić information content (AvgIpc) is 3.50. The molecule has 0 aliphatic carbocycles. The summed E-state index contributed by atoms with van der Waals surface area (Å²) in [5.74, 6) is -4.16. The molecule has 5 amide bonds. The lowest BCUT2D eigenvalue weighted by molar-refractivity contribution is -0.175. The normalized spacial score (nSPS) is 33.6. The molecule has 2 unspecified atom stereocenters. The third-order valence-electron chi connectivity index (χ3n) is 10.9. The van der Waals surface area contributed by atoms with E-state index in [2.05, 4.69) is 16.2 Å². The Labute approximate surface area is 296 Å². The SMILES string of the molecule is CCC(C)[C@@H]1OC(=O)[C@@H](C(C)CC)NC(=O)[C@@H]2C[C@H](C)CN2C(=O)[C@@H](CC(C)C)N(C)C(=O)[C@@H]2C[C@H](O)CNN2C(=O)[C@H]2CCCNN2C1=O. The third kappa shape index (κ3) is 8.42. The summed E-state index contributed by atoms with van der Waals surface area (Å²) in [6, 6.07) is -5.17. The second-order valence-electron chi connectivity index (χ2n) is 15.3. The predicted octanol–water partition coefficient (Wildman–Crippen LogP) is 0.561. The second kappa shape index (κ2) is 16.8. The summed E-state index contributed by atoms with van der Waals surface area (Å²) in [5, 5.41) is 16.0. The minimum absolute atomic E-state index is 0.00642. The number of carbonyl (C=O) groups is 6. The molecular formula is C35H59N7O8. The fourth-order valence-corrected chi connectivity index (χ4v) is 7.43. The highest BCUT2D eigenvalue weighted by Gasteiger charge is 2.49. The number of cyclic esters (lactones) is 1. The van der Waals surface area contributed by atoms with Crippen LogP contribution in [0.4, 0.5) is 0 Å². The number of ether oxygens (including phenoxy) is 1. The molecule has 4 fully saturated rings. The fourth-order valence-electron chi connectivity index (χ4n) is 7.43. The summed E-state index contributed by atoms with van der Waals surface area (Å²) in [5.41, 5.74) is 5.96. The molecule has 0 bridgehead atoms. The molecule has 0 aromatic carbocycles. The number of rotatable bonds is 6. The maximum atomic E-state index is 14.5. The Bertz CT molecular complexity index is 1280. The van der Waals surface area contributed by atoms with Crippen LogP contribution in [0.25, 0.3) is 0 Å². The number of esters is 1. The number of hydrogen-bond donors (Lipinski definition) is 4. The van der Waals surface area contributed by atoms with E-state index in [1.54, 1.807) is 6.92 Å². The molecule has 4 saturated heterocycles. The van der Waals surface area contributed by atoms with Crippen molar-refractivity contribution in [3.8, 4) is 0 Å². The van der Waals surface area contributed by atoms with Gasteiger partial charge in [-0.3, -0.25) is 34.0 Å². The van der Waals surface area contributed by atoms with Gasteiger partial charge in [0, 0.05) is 39.0 Å². The van der Waals surface area contributed by atoms with E-state index >= 15 is 0 Å². The first-order valence-corrected chi connectivity index (χ1v) is 18.5. The topological polar surface area (TPSA) is 181 Å². The summed E-state index contributed by atoms with van der Waals surface area (Å²) in [6.07, 6.45) is 0.230. The van der Waals surface area contributed by atoms with Crippen molar-refractivity contribution in [2.24, 2.45) is 23.7 Å². The summed E-state index contributed by atoms with van der Waals surface area (Å²) in [4.78, 5) is 88.5. The maximum absolute atomic E-state index is 14.5. The van der Waals surface area contributed by atoms with Gasteiger partial charge in [0.05, 0.1) is 6.10 Å². The van der Waals surface area contributed by atoms with Crippen LogP contribution < -0.4 is 16.2 Å². The number of aliphatic hydroxyl groups is 1. The lowest BCUT2D eigenvalue weighted by Gasteiger charge is -2.45. The number of amides is 5. The Hall–Kier alpha value is -3.30. The van der Waals surface area contributed by atoms with Crippen molar-refractivity contribution in [1.29, 1.82) is 0 Å². The molecule has 0 spiro atoms. The van der Waals surface area contributed by atoms with Gasteiger partial charge in [0.1, 0.15) is 30.2 Å². The number of β-amino-alcohol motifs (C(OH)–C–C–N with tert-alkyl or cyclic N) is 1. The molecule has 4 N–H and O–H groups in total. The van der Waals surface area contributed by atoms with Gasteiger partial charge in [-0.25, -0.2) is 15.6 Å². The number of likely N-dealkylation sites (N-methyl/N-ethyl adjacent to an activating group) is 1. The van der Waals surface area contributed by atoms with E-state index < -0.39 is 83.8 Å². The molecular weight excluding hydrogens is 646 g/mol. The quantitative estimate of drug-likeness (QED) is 0.285. The van der Waals surface area contributed by atoms with Crippen molar-refractivity contribution in [3.63, 3.8) is 0 Å². The van der Waals surface area contributed by atoms with Crippen LogP contribution in [-0.4, -0.2) is 130 Å². The highest BCUT2D eigenvalue weighted by atomic mass is 16.6. The Kier molecular flexibility index (Phi) is 13.3. The second-order valence-corrected chi connectivity index (χ2v) is 15.3. The number of nitrogens with zero attached hydrogens (tertiary/aromatic N) is 4. The standard InChI is InChI=1S/C35H59N7O8/c1-9-21(6)28-35(49)50-29(22(7)10-2)34(48)41-24(12-11-13-36-41)33(47)42-27(16-23(43)17-37-42)31(45)39(8)26(14-19(3)4)32(46)40-18-20(5)15-25(40)30(44)38-28/h19-29,36-37,43H,9-18H2,1-8H3,(H,38,44)/t20-,21?,22?,23-,24+,25-,26+,27-,28+,29-/m0/s1. The lowest BCUT2D eigenvalue weighted by atomic mass is 9.96. The first-order valence-electron chi connectivity index (χ1n) is 18.5. The highest BCUT2D eigenvalue weighted by Crippen LogP contribution is 2.29. The van der Waals surface area contributed by atoms with Crippen LogP contribution >= 0.6 is 0 Å². The van der Waals surface area contributed by atoms with E-state index in [0.29, 0.717) is 38.6 Å². The molecule has 4 aliphatic rings. The minimum atomic E-state index is -1.27. The summed E-state index contributed by atoms with van der Waals surface area (Å²) in [7, 11) is 1.52. The van der Waals surface area contributed by atoms with Crippen LogP contribution in [0, 0.1) is 23.7 Å². The van der Waals surface area contributed by atoms with Gasteiger partial charge in [0.25, 0.3) is 11.8 Å². The van der Waals surface area contributed by atoms with Gasteiger partial charge in [-0.2, -0.15) is 0 Å². The molecule has 50 heavy (non-hydrogen) atoms. The molecule has 10 atom stereocenters. The predicted molar refractivity (Wildman–Crippen MR) is 183 cm³/mol. The Morgan fingerprint density at radius 3 is 2.14 bits per heavy atom. The lowest BCUT2D eigenvalue weighted by Crippen LogP contribution is -2.69. The number of hydrogen-bond acceptors (Lipinski definition) is 10. The Morgan fingerprint density at radius 2 is 1.50 bits per heavy atom. The maximum Gasteiger partial charge on any atom is 0.329 e. The Morgan fingerprint density at radius 1 is 0.840 bits per heavy atom. The number of nitrogens with one attached hydrogen (secondary N) is 3. The fraction of sp³-hybridized carbons (Fsp3) is 0.829. The minimum Gasteiger partial charge on any atom is -0.450 e. The molecule has 282 valence electrons. The number of carbonyl (C=O) groups excluding carboxylic acids is 6. The molecule has 0 radical (unpaired) electrons. The van der Waals surface area contributed by atoms with E-state index in [-0.39, 0.29) is 43.7 Å². The molecule has 0 aromatic heterocycles. The Balaban J connectivity index is 1.85. The van der Waals surface area contributed by atoms with E-state index in [4.69, 9.17) is 4.74 Å². The third-order valence-corrected chi connectivity index (χ3v) is 10.9. The van der Waals surface area contributed by atoms with Crippen molar-refractivity contribution >= 4 is 35.5 Å². The van der Waals surface area contributed by atoms with Crippen molar-refractivity contribution in [1.82, 2.24) is 36.0 Å². The first kappa shape index (κ1) is 39.5. The number of aliphatic hydroxyl groups excluding tert-OH is 1. The van der Waals surface area contributed by atoms with E-state index in [1.165, 1.54) is 26.9 Å². The van der Waals surface area contributed by atoms with Crippen molar-refractivity contribution in [3.05, 3.63) is 0 Å². The molecule has 0 saturated carbocycles. The van der Waals surface area contributed by atoms with Gasteiger partial charge in [0.2, 0.25) is 17.7 Å². The van der Waals surface area contributed by atoms with E-state index in [9.17, 15) is 33.9 Å². The van der Waals surface area contributed by atoms with Crippen molar-refractivity contribution < 1.29 is 38.6 Å². The van der Waals surface area contributed by atoms with Crippen LogP contribution in [0.15, 0.2) is 0 Å². The summed E-state index contributed by atoms with van der Waals surface area (Å²) in [6.45, 7) is 13.9. The molecule has 15 heteroatoms. The monoisotopic (exact) mass is 705 g/mol. The van der Waals surface area contributed by atoms with Gasteiger partial charge in [-0.1, -0.05) is 54.9 Å². The molecule has 4 rings (SSSR count). The van der Waals surface area contributed by atoms with Crippen LogP contribution in [0.5, 0.6) is 0 Å². The largest absolute Gasteiger partial charge is 0.450 e. The zero-order chi connectivity index (χ0) is 37.0. The number of fused-ring (bicyclic) bond motifs is 3. The van der Waals surface area contributed by atoms with Crippen LogP contribution in [0.2, 0.25) is 0 Å². The van der Waals surface area contributed by atoms with Gasteiger partial charge in [0.15, 0.2) is 6.10 Å². The van der Waals surface area contributed by atoms with Gasteiger partial charge in [-0.05, 0) is 49.9 Å². The highest BCUT2D eigenvalue weighted by molar-refractivity contribution is 5.97. The smallest absolute Gasteiger partial charge is 0.329 e. The van der Waals surface area contributed by atoms with Crippen molar-refractivity contribution in [2.45, 2.75) is 136 Å². The van der Waals surface area contributed by atoms with E-state index in [1.807, 2.05) is 41.5 Å².